The van der Waals surface area contributed by atoms with Gasteiger partial charge < -0.3 is 46.3 Å². The highest BCUT2D eigenvalue weighted by atomic mass is 16.5. The number of Topliss-reactive ketones (excluding diaryl/α,β-unsaturated/α-hetero) is 1. The van der Waals surface area contributed by atoms with Gasteiger partial charge in [-0.05, 0) is 64.4 Å². The van der Waals surface area contributed by atoms with E-state index in [1.807, 2.05) is 20.8 Å². The van der Waals surface area contributed by atoms with Gasteiger partial charge in [0.05, 0.1) is 39.0 Å². The lowest BCUT2D eigenvalue weighted by Gasteiger charge is -2.33. The number of nitrogens with zero attached hydrogens (tertiary/aromatic N) is 1. The number of primary amides is 1. The number of carbonyl (C=O) groups is 7. The Bertz CT molecular complexity index is 1480. The van der Waals surface area contributed by atoms with Gasteiger partial charge in [-0.3, -0.25) is 28.9 Å². The van der Waals surface area contributed by atoms with Crippen LogP contribution in [-0.4, -0.2) is 103 Å². The monoisotopic (exact) mass is 806 g/mol. The van der Waals surface area contributed by atoms with Crippen molar-refractivity contribution in [1.29, 1.82) is 0 Å². The number of carbonyl (C=O) groups excluding carboxylic acids is 7. The lowest BCUT2D eigenvalue weighted by Crippen LogP contribution is -2.58. The minimum atomic E-state index is -1.35. The molecule has 17 heteroatoms. The third-order valence-electron chi connectivity index (χ3n) is 8.61. The predicted molar refractivity (Wildman–Crippen MR) is 213 cm³/mol. The van der Waals surface area contributed by atoms with Gasteiger partial charge in [0.2, 0.25) is 17.6 Å². The Balaban J connectivity index is 0.00000304. The van der Waals surface area contributed by atoms with Crippen LogP contribution in [0, 0.1) is 11.8 Å². The first kappa shape index (κ1) is 50.1. The maximum absolute atomic E-state index is 14.0. The van der Waals surface area contributed by atoms with Gasteiger partial charge in [-0.25, -0.2) is 9.59 Å². The minimum Gasteiger partial charge on any atom is -0.493 e. The normalized spacial score (nSPS) is 14.4. The van der Waals surface area contributed by atoms with E-state index in [2.05, 4.69) is 21.3 Å². The number of urea groups is 1. The SMILES string of the molecule is CC(C)(C)O.CCCCN(C(=O)NC(CCC)C(=O)C(=O)NCC(=O)NC(C(N)=O)c1cccc(OC)c1OC)C(=O)C(NC(=O)OCC(C)C)C1CCCCC1. The molecular weight excluding hydrogens is 740 g/mol. The number of nitrogens with one attached hydrogen (secondary N) is 4. The number of methoxy groups -OCH3 is 2. The molecule has 0 bridgehead atoms. The van der Waals surface area contributed by atoms with E-state index in [0.717, 1.165) is 24.2 Å². The van der Waals surface area contributed by atoms with Crippen LogP contribution in [0.15, 0.2) is 18.2 Å². The van der Waals surface area contributed by atoms with E-state index in [0.29, 0.717) is 37.9 Å². The predicted octanol–water partition coefficient (Wildman–Crippen LogP) is 3.65. The quantitative estimate of drug-likeness (QED) is 0.104. The summed E-state index contributed by atoms with van der Waals surface area (Å²) >= 11 is 0. The van der Waals surface area contributed by atoms with E-state index in [4.69, 9.17) is 25.1 Å². The Hall–Kier alpha value is -4.93. The topological polar surface area (TPSA) is 245 Å². The zero-order valence-corrected chi connectivity index (χ0v) is 35.2. The highest BCUT2D eigenvalue weighted by Crippen LogP contribution is 2.34. The third kappa shape index (κ3) is 18.3. The fourth-order valence-corrected chi connectivity index (χ4v) is 5.90. The summed E-state index contributed by atoms with van der Waals surface area (Å²) in [6, 6.07) is 0.0956. The molecule has 322 valence electrons. The number of para-hydroxylation sites is 1. The number of hydrogen-bond donors (Lipinski definition) is 6. The number of ketones is 1. The van der Waals surface area contributed by atoms with E-state index in [1.54, 1.807) is 39.8 Å². The number of unbranched alkanes of at least 4 members (excludes halogenated alkanes) is 1. The second-order valence-corrected chi connectivity index (χ2v) is 15.3. The summed E-state index contributed by atoms with van der Waals surface area (Å²) in [5.41, 5.74) is 5.27. The second kappa shape index (κ2) is 25.3. The van der Waals surface area contributed by atoms with Crippen LogP contribution in [0.2, 0.25) is 0 Å². The molecule has 0 saturated heterocycles. The van der Waals surface area contributed by atoms with Crippen LogP contribution in [0.1, 0.15) is 118 Å². The van der Waals surface area contributed by atoms with Crippen molar-refractivity contribution in [2.75, 3.05) is 33.9 Å². The lowest BCUT2D eigenvalue weighted by molar-refractivity contribution is -0.140. The summed E-state index contributed by atoms with van der Waals surface area (Å²) in [7, 11) is 2.76. The molecule has 1 saturated carbocycles. The number of nitrogens with two attached hydrogens (primary N) is 1. The van der Waals surface area contributed by atoms with Crippen LogP contribution >= 0.6 is 0 Å². The number of aliphatic hydroxyl groups is 1. The molecule has 17 nitrogen and oxygen atoms in total. The fraction of sp³-hybridized carbons (Fsp3) is 0.675. The molecule has 0 spiro atoms. The Morgan fingerprint density at radius 3 is 2.09 bits per heavy atom. The van der Waals surface area contributed by atoms with Crippen molar-refractivity contribution in [3.63, 3.8) is 0 Å². The molecule has 2 rings (SSSR count). The molecule has 0 aromatic heterocycles. The number of hydrogen-bond acceptors (Lipinski definition) is 11. The average Bonchev–Trinajstić information content (AvgIpc) is 3.15. The van der Waals surface area contributed by atoms with E-state index in [9.17, 15) is 33.6 Å². The second-order valence-electron chi connectivity index (χ2n) is 15.3. The number of benzene rings is 1. The molecule has 57 heavy (non-hydrogen) atoms. The van der Waals surface area contributed by atoms with Crippen molar-refractivity contribution >= 4 is 41.5 Å². The van der Waals surface area contributed by atoms with Gasteiger partial charge in [-0.2, -0.15) is 0 Å². The summed E-state index contributed by atoms with van der Waals surface area (Å²) in [4.78, 5) is 92.9. The van der Waals surface area contributed by atoms with Crippen LogP contribution in [0.3, 0.4) is 0 Å². The maximum Gasteiger partial charge on any atom is 0.407 e. The lowest BCUT2D eigenvalue weighted by atomic mass is 9.83. The van der Waals surface area contributed by atoms with E-state index >= 15 is 0 Å². The molecule has 0 radical (unpaired) electrons. The first-order valence-corrected chi connectivity index (χ1v) is 19.7. The van der Waals surface area contributed by atoms with Crippen LogP contribution in [0.5, 0.6) is 11.5 Å². The molecule has 1 aromatic rings. The number of alkyl carbamates (subject to hydrolysis) is 1. The van der Waals surface area contributed by atoms with Crippen molar-refractivity contribution in [3.8, 4) is 11.5 Å². The molecule has 1 aliphatic carbocycles. The molecular formula is C40H66N6O11. The first-order chi connectivity index (χ1) is 26.8. The minimum absolute atomic E-state index is 0.0195. The highest BCUT2D eigenvalue weighted by Gasteiger charge is 2.38. The van der Waals surface area contributed by atoms with Crippen LogP contribution in [0.25, 0.3) is 0 Å². The number of rotatable bonds is 20. The third-order valence-corrected chi connectivity index (χ3v) is 8.61. The molecule has 1 aliphatic rings. The van der Waals surface area contributed by atoms with Crippen molar-refractivity contribution in [2.45, 2.75) is 130 Å². The molecule has 7 amide bonds. The average molecular weight is 807 g/mol. The largest absolute Gasteiger partial charge is 0.493 e. The number of imide groups is 1. The summed E-state index contributed by atoms with van der Waals surface area (Å²) in [5, 5.41) is 18.4. The fourth-order valence-electron chi connectivity index (χ4n) is 5.90. The van der Waals surface area contributed by atoms with E-state index in [-0.39, 0.29) is 42.7 Å². The van der Waals surface area contributed by atoms with Gasteiger partial charge in [0.1, 0.15) is 12.1 Å². The van der Waals surface area contributed by atoms with Gasteiger partial charge in [0.25, 0.3) is 11.8 Å². The molecule has 1 fully saturated rings. The Labute approximate surface area is 336 Å². The van der Waals surface area contributed by atoms with Crippen molar-refractivity contribution in [2.24, 2.45) is 17.6 Å². The smallest absolute Gasteiger partial charge is 0.407 e. The zero-order valence-electron chi connectivity index (χ0n) is 35.2. The van der Waals surface area contributed by atoms with Crippen molar-refractivity contribution in [1.82, 2.24) is 26.2 Å². The summed E-state index contributed by atoms with van der Waals surface area (Å²) in [5.74, 6) is -4.24. The Morgan fingerprint density at radius 2 is 1.56 bits per heavy atom. The molecule has 0 aliphatic heterocycles. The summed E-state index contributed by atoms with van der Waals surface area (Å²) in [6.07, 6.45) is 4.93. The van der Waals surface area contributed by atoms with Crippen LogP contribution in [-0.2, 0) is 28.7 Å². The molecule has 0 heterocycles. The molecule has 7 N–H and O–H groups in total. The van der Waals surface area contributed by atoms with Gasteiger partial charge in [-0.15, -0.1) is 0 Å². The van der Waals surface area contributed by atoms with Crippen molar-refractivity contribution < 1.29 is 52.9 Å². The standard InChI is InChI=1S/C36H56N6O10.C4H10O/c1-7-9-19-42(34(47)28(23-15-11-10-12-16-23)41-36(49)52-21-22(3)4)35(48)39-25(14-8-2)30(44)33(46)38-20-27(43)40-29(32(37)45)24-17-13-18-26(50-5)31(24)51-6;1-4(2,3)5/h13,17-18,22-23,25,28-29H,7-12,14-16,19-21H2,1-6H3,(H2,37,45)(H,38,46)(H,39,48)(H,40,43)(H,41,49);5H,1-3H3. The summed E-state index contributed by atoms with van der Waals surface area (Å²) in [6.45, 7) is 12.1. The first-order valence-electron chi connectivity index (χ1n) is 19.7. The van der Waals surface area contributed by atoms with Crippen LogP contribution < -0.4 is 36.5 Å². The highest BCUT2D eigenvalue weighted by molar-refractivity contribution is 6.38. The van der Waals surface area contributed by atoms with Gasteiger partial charge in [-0.1, -0.05) is 71.9 Å². The van der Waals surface area contributed by atoms with E-state index in [1.165, 1.54) is 20.3 Å². The molecule has 3 unspecified atom stereocenters. The summed E-state index contributed by atoms with van der Waals surface area (Å²) < 4.78 is 15.9. The Kier molecular flexibility index (Phi) is 22.3. The zero-order chi connectivity index (χ0) is 43.3. The van der Waals surface area contributed by atoms with Gasteiger partial charge in [0, 0.05) is 12.1 Å². The number of amides is 7. The van der Waals surface area contributed by atoms with Crippen LogP contribution in [0.4, 0.5) is 9.59 Å². The molecule has 1 aromatic carbocycles. The van der Waals surface area contributed by atoms with E-state index < -0.39 is 71.8 Å². The van der Waals surface area contributed by atoms with Gasteiger partial charge >= 0.3 is 12.1 Å². The maximum atomic E-state index is 14.0. The van der Waals surface area contributed by atoms with Crippen molar-refractivity contribution in [3.05, 3.63) is 23.8 Å². The Morgan fingerprint density at radius 1 is 0.930 bits per heavy atom. The van der Waals surface area contributed by atoms with Gasteiger partial charge in [0.15, 0.2) is 11.5 Å². The molecule has 3 atom stereocenters. The number of ether oxygens (including phenoxy) is 3.